The molecule has 0 saturated heterocycles. The van der Waals surface area contributed by atoms with Gasteiger partial charge in [0.1, 0.15) is 0 Å². The van der Waals surface area contributed by atoms with Gasteiger partial charge in [-0.05, 0) is 40.5 Å². The van der Waals surface area contributed by atoms with Gasteiger partial charge >= 0.3 is 0 Å². The van der Waals surface area contributed by atoms with E-state index in [9.17, 15) is 4.79 Å². The highest BCUT2D eigenvalue weighted by molar-refractivity contribution is 5.78. The SMILES string of the molecule is CCC(C)(C)NC(=O)CN(CCCO)C(C)C. The first-order valence-electron chi connectivity index (χ1n) is 6.48. The molecule has 0 aromatic rings. The second-order valence-corrected chi connectivity index (χ2v) is 5.43. The van der Waals surface area contributed by atoms with E-state index in [0.717, 1.165) is 13.0 Å². The van der Waals surface area contributed by atoms with Crippen molar-refractivity contribution < 1.29 is 9.90 Å². The molecule has 0 bridgehead atoms. The third kappa shape index (κ3) is 7.34. The van der Waals surface area contributed by atoms with Crippen molar-refractivity contribution in [3.8, 4) is 0 Å². The van der Waals surface area contributed by atoms with E-state index in [0.29, 0.717) is 19.0 Å². The van der Waals surface area contributed by atoms with Crippen LogP contribution in [-0.2, 0) is 4.79 Å². The van der Waals surface area contributed by atoms with Crippen molar-refractivity contribution in [3.05, 3.63) is 0 Å². The summed E-state index contributed by atoms with van der Waals surface area (Å²) in [5, 5.41) is 11.9. The molecule has 102 valence electrons. The van der Waals surface area contributed by atoms with Gasteiger partial charge in [0.15, 0.2) is 0 Å². The van der Waals surface area contributed by atoms with Crippen LogP contribution in [0.5, 0.6) is 0 Å². The molecule has 0 rings (SSSR count). The minimum Gasteiger partial charge on any atom is -0.396 e. The molecule has 0 aliphatic carbocycles. The Kier molecular flexibility index (Phi) is 7.39. The first-order chi connectivity index (χ1) is 7.82. The Balaban J connectivity index is 4.21. The van der Waals surface area contributed by atoms with Crippen molar-refractivity contribution >= 4 is 5.91 Å². The number of amides is 1. The molecule has 0 aliphatic heterocycles. The number of aliphatic hydroxyl groups is 1. The molecule has 0 atom stereocenters. The van der Waals surface area contributed by atoms with E-state index in [1.807, 2.05) is 13.8 Å². The zero-order valence-corrected chi connectivity index (χ0v) is 11.9. The lowest BCUT2D eigenvalue weighted by atomic mass is 10.0. The quantitative estimate of drug-likeness (QED) is 0.678. The van der Waals surface area contributed by atoms with Gasteiger partial charge in [-0.15, -0.1) is 0 Å². The normalized spacial score (nSPS) is 12.2. The number of carbonyl (C=O) groups excluding carboxylic acids is 1. The third-order valence-corrected chi connectivity index (χ3v) is 3.04. The summed E-state index contributed by atoms with van der Waals surface area (Å²) in [6.07, 6.45) is 1.62. The molecule has 2 N–H and O–H groups in total. The molecule has 17 heavy (non-hydrogen) atoms. The Bertz CT molecular complexity index is 227. The zero-order chi connectivity index (χ0) is 13.5. The van der Waals surface area contributed by atoms with Crippen molar-refractivity contribution in [1.82, 2.24) is 10.2 Å². The lowest BCUT2D eigenvalue weighted by Crippen LogP contribution is -2.48. The van der Waals surface area contributed by atoms with Gasteiger partial charge < -0.3 is 10.4 Å². The summed E-state index contributed by atoms with van der Waals surface area (Å²) in [6, 6.07) is 0.317. The number of carbonyl (C=O) groups is 1. The molecular weight excluding hydrogens is 216 g/mol. The monoisotopic (exact) mass is 244 g/mol. The molecular formula is C13H28N2O2. The maximum Gasteiger partial charge on any atom is 0.234 e. The van der Waals surface area contributed by atoms with Gasteiger partial charge in [0.2, 0.25) is 5.91 Å². The van der Waals surface area contributed by atoms with Crippen LogP contribution in [0, 0.1) is 0 Å². The van der Waals surface area contributed by atoms with Gasteiger partial charge in [-0.2, -0.15) is 0 Å². The number of nitrogens with zero attached hydrogens (tertiary/aromatic N) is 1. The second kappa shape index (κ2) is 7.67. The largest absolute Gasteiger partial charge is 0.396 e. The first-order valence-corrected chi connectivity index (χ1v) is 6.48. The summed E-state index contributed by atoms with van der Waals surface area (Å²) in [7, 11) is 0. The van der Waals surface area contributed by atoms with Crippen molar-refractivity contribution in [2.75, 3.05) is 19.7 Å². The summed E-state index contributed by atoms with van der Waals surface area (Å²) in [5.74, 6) is 0.0588. The molecule has 0 aromatic carbocycles. The van der Waals surface area contributed by atoms with Crippen LogP contribution in [0.3, 0.4) is 0 Å². The fourth-order valence-electron chi connectivity index (χ4n) is 1.48. The summed E-state index contributed by atoms with van der Waals surface area (Å²) in [6.45, 7) is 11.6. The average molecular weight is 244 g/mol. The van der Waals surface area contributed by atoms with Crippen LogP contribution in [0.25, 0.3) is 0 Å². The third-order valence-electron chi connectivity index (χ3n) is 3.04. The number of hydrogen-bond acceptors (Lipinski definition) is 3. The number of nitrogens with one attached hydrogen (secondary N) is 1. The van der Waals surface area contributed by atoms with E-state index in [2.05, 4.69) is 31.0 Å². The molecule has 0 radical (unpaired) electrons. The van der Waals surface area contributed by atoms with E-state index in [1.54, 1.807) is 0 Å². The molecule has 4 nitrogen and oxygen atoms in total. The second-order valence-electron chi connectivity index (χ2n) is 5.43. The molecule has 0 heterocycles. The predicted molar refractivity (Wildman–Crippen MR) is 70.9 cm³/mol. The predicted octanol–water partition coefficient (Wildman–Crippen LogP) is 1.38. The van der Waals surface area contributed by atoms with Crippen LogP contribution in [0.1, 0.15) is 47.5 Å². The Morgan fingerprint density at radius 3 is 2.41 bits per heavy atom. The minimum atomic E-state index is -0.142. The molecule has 4 heteroatoms. The lowest BCUT2D eigenvalue weighted by Gasteiger charge is -2.29. The van der Waals surface area contributed by atoms with Gasteiger partial charge in [0.25, 0.3) is 0 Å². The molecule has 1 amide bonds. The maximum absolute atomic E-state index is 11.9. The fourth-order valence-corrected chi connectivity index (χ4v) is 1.48. The summed E-state index contributed by atoms with van der Waals surface area (Å²) in [4.78, 5) is 14.0. The van der Waals surface area contributed by atoms with Crippen LogP contribution in [0.4, 0.5) is 0 Å². The number of rotatable bonds is 8. The standard InChI is InChI=1S/C13H28N2O2/c1-6-13(4,5)14-12(17)10-15(11(2)3)8-7-9-16/h11,16H,6-10H2,1-5H3,(H,14,17). The average Bonchev–Trinajstić information content (AvgIpc) is 2.23. The molecule has 0 unspecified atom stereocenters. The Morgan fingerprint density at radius 2 is 2.00 bits per heavy atom. The van der Waals surface area contributed by atoms with E-state index in [4.69, 9.17) is 5.11 Å². The van der Waals surface area contributed by atoms with Gasteiger partial charge in [-0.25, -0.2) is 0 Å². The smallest absolute Gasteiger partial charge is 0.234 e. The van der Waals surface area contributed by atoms with Gasteiger partial charge in [-0.3, -0.25) is 9.69 Å². The Morgan fingerprint density at radius 1 is 1.41 bits per heavy atom. The Hall–Kier alpha value is -0.610. The summed E-state index contributed by atoms with van der Waals surface area (Å²) >= 11 is 0. The van der Waals surface area contributed by atoms with Crippen LogP contribution in [-0.4, -0.2) is 47.2 Å². The van der Waals surface area contributed by atoms with Crippen LogP contribution >= 0.6 is 0 Å². The highest BCUT2D eigenvalue weighted by Crippen LogP contribution is 2.07. The minimum absolute atomic E-state index is 0.0588. The molecule has 0 aromatic heterocycles. The molecule has 0 fully saturated rings. The van der Waals surface area contributed by atoms with Crippen molar-refractivity contribution in [3.63, 3.8) is 0 Å². The van der Waals surface area contributed by atoms with E-state index in [1.165, 1.54) is 0 Å². The topological polar surface area (TPSA) is 52.6 Å². The fraction of sp³-hybridized carbons (Fsp3) is 0.923. The molecule has 0 aliphatic rings. The number of aliphatic hydroxyl groups excluding tert-OH is 1. The highest BCUT2D eigenvalue weighted by atomic mass is 16.3. The lowest BCUT2D eigenvalue weighted by molar-refractivity contribution is -0.124. The molecule has 0 saturated carbocycles. The molecule has 0 spiro atoms. The summed E-state index contributed by atoms with van der Waals surface area (Å²) < 4.78 is 0. The highest BCUT2D eigenvalue weighted by Gasteiger charge is 2.20. The van der Waals surface area contributed by atoms with E-state index >= 15 is 0 Å². The van der Waals surface area contributed by atoms with Crippen LogP contribution in [0.2, 0.25) is 0 Å². The van der Waals surface area contributed by atoms with Gasteiger partial charge in [-0.1, -0.05) is 6.92 Å². The van der Waals surface area contributed by atoms with Crippen LogP contribution < -0.4 is 5.32 Å². The van der Waals surface area contributed by atoms with Crippen molar-refractivity contribution in [2.45, 2.75) is 59.0 Å². The number of hydrogen-bond donors (Lipinski definition) is 2. The first kappa shape index (κ1) is 16.4. The summed E-state index contributed by atoms with van der Waals surface area (Å²) in [5.41, 5.74) is -0.142. The van der Waals surface area contributed by atoms with Crippen LogP contribution in [0.15, 0.2) is 0 Å². The van der Waals surface area contributed by atoms with E-state index in [-0.39, 0.29) is 18.1 Å². The van der Waals surface area contributed by atoms with Crippen molar-refractivity contribution in [2.24, 2.45) is 0 Å². The van der Waals surface area contributed by atoms with Crippen molar-refractivity contribution in [1.29, 1.82) is 0 Å². The maximum atomic E-state index is 11.9. The van der Waals surface area contributed by atoms with Gasteiger partial charge in [0.05, 0.1) is 6.54 Å². The van der Waals surface area contributed by atoms with E-state index < -0.39 is 0 Å². The van der Waals surface area contributed by atoms with Gasteiger partial charge in [0, 0.05) is 24.7 Å². The zero-order valence-electron chi connectivity index (χ0n) is 11.9. The Labute approximate surface area is 105 Å².